The first-order chi connectivity index (χ1) is 9.88. The molecule has 1 aromatic rings. The van der Waals surface area contributed by atoms with Gasteiger partial charge in [-0.15, -0.1) is 0 Å². The highest BCUT2D eigenvalue weighted by molar-refractivity contribution is 6.32. The lowest BCUT2D eigenvalue weighted by Gasteiger charge is -2.15. The van der Waals surface area contributed by atoms with E-state index in [2.05, 4.69) is 19.2 Å². The Morgan fingerprint density at radius 2 is 1.90 bits per heavy atom. The lowest BCUT2D eigenvalue weighted by Crippen LogP contribution is -2.25. The second-order valence-electron chi connectivity index (χ2n) is 5.65. The number of hydrogen-bond acceptors (Lipinski definition) is 4. The predicted molar refractivity (Wildman–Crippen MR) is 86.0 cm³/mol. The van der Waals surface area contributed by atoms with Crippen LogP contribution in [0, 0.1) is 0 Å². The zero-order valence-electron chi connectivity index (χ0n) is 13.2. The van der Waals surface area contributed by atoms with Crippen LogP contribution >= 0.6 is 11.6 Å². The van der Waals surface area contributed by atoms with Crippen molar-refractivity contribution < 1.29 is 14.6 Å². The van der Waals surface area contributed by atoms with Crippen LogP contribution in [0.5, 0.6) is 5.75 Å². The molecule has 0 bridgehead atoms. The molecule has 1 aromatic carbocycles. The second-order valence-corrected chi connectivity index (χ2v) is 6.05. The third-order valence-electron chi connectivity index (χ3n) is 2.76. The average molecular weight is 316 g/mol. The van der Waals surface area contributed by atoms with Crippen molar-refractivity contribution >= 4 is 11.6 Å². The Kier molecular flexibility index (Phi) is 8.04. The Balaban J connectivity index is 2.45. The van der Waals surface area contributed by atoms with Gasteiger partial charge in [0, 0.05) is 12.6 Å². The highest BCUT2D eigenvalue weighted by atomic mass is 35.5. The Hall–Kier alpha value is -0.810. The maximum absolute atomic E-state index is 9.75. The van der Waals surface area contributed by atoms with Crippen LogP contribution in [0.3, 0.4) is 0 Å². The van der Waals surface area contributed by atoms with Crippen LogP contribution in [0.25, 0.3) is 0 Å². The summed E-state index contributed by atoms with van der Waals surface area (Å²) >= 11 is 6.19. The molecule has 0 radical (unpaired) electrons. The normalized spacial score (nSPS) is 13.0. The molecule has 0 spiro atoms. The van der Waals surface area contributed by atoms with E-state index in [1.807, 2.05) is 32.0 Å². The number of nitrogens with one attached hydrogen (secondary N) is 1. The van der Waals surface area contributed by atoms with Gasteiger partial charge in [0.1, 0.15) is 18.5 Å². The van der Waals surface area contributed by atoms with Crippen molar-refractivity contribution in [1.29, 1.82) is 0 Å². The third-order valence-corrected chi connectivity index (χ3v) is 3.06. The topological polar surface area (TPSA) is 50.7 Å². The summed E-state index contributed by atoms with van der Waals surface area (Å²) < 4.78 is 10.9. The molecule has 0 saturated heterocycles. The first-order valence-electron chi connectivity index (χ1n) is 7.32. The van der Waals surface area contributed by atoms with Crippen LogP contribution in [0.2, 0.25) is 5.02 Å². The standard InChI is InChI=1S/C16H26ClNO3/c1-11(2)18-8-13-5-6-16(15(17)7-13)21-10-14(19)9-20-12(3)4/h5-7,11-12,14,18-19H,8-10H2,1-4H3. The quantitative estimate of drug-likeness (QED) is 0.735. The van der Waals surface area contributed by atoms with Gasteiger partial charge < -0.3 is 19.9 Å². The summed E-state index contributed by atoms with van der Waals surface area (Å²) in [5, 5.41) is 13.6. The van der Waals surface area contributed by atoms with Gasteiger partial charge in [0.15, 0.2) is 0 Å². The molecule has 0 aliphatic rings. The van der Waals surface area contributed by atoms with Crippen molar-refractivity contribution in [3.63, 3.8) is 0 Å². The number of hydrogen-bond donors (Lipinski definition) is 2. The Morgan fingerprint density at radius 3 is 2.48 bits per heavy atom. The number of halogens is 1. The molecule has 21 heavy (non-hydrogen) atoms. The summed E-state index contributed by atoms with van der Waals surface area (Å²) in [6.45, 7) is 9.23. The van der Waals surface area contributed by atoms with Gasteiger partial charge in [-0.1, -0.05) is 31.5 Å². The maximum Gasteiger partial charge on any atom is 0.138 e. The van der Waals surface area contributed by atoms with E-state index in [1.54, 1.807) is 0 Å². The highest BCUT2D eigenvalue weighted by Gasteiger charge is 2.09. The monoisotopic (exact) mass is 315 g/mol. The smallest absolute Gasteiger partial charge is 0.138 e. The molecule has 1 rings (SSSR count). The van der Waals surface area contributed by atoms with Crippen LogP contribution < -0.4 is 10.1 Å². The zero-order chi connectivity index (χ0) is 15.8. The summed E-state index contributed by atoms with van der Waals surface area (Å²) in [6, 6.07) is 6.10. The van der Waals surface area contributed by atoms with E-state index in [9.17, 15) is 5.11 Å². The van der Waals surface area contributed by atoms with Gasteiger partial charge in [-0.25, -0.2) is 0 Å². The van der Waals surface area contributed by atoms with Crippen molar-refractivity contribution in [2.45, 2.75) is 52.5 Å². The van der Waals surface area contributed by atoms with Crippen LogP contribution in [-0.2, 0) is 11.3 Å². The Morgan fingerprint density at radius 1 is 1.19 bits per heavy atom. The summed E-state index contributed by atoms with van der Waals surface area (Å²) in [7, 11) is 0. The van der Waals surface area contributed by atoms with Crippen LogP contribution in [0.15, 0.2) is 18.2 Å². The number of aliphatic hydroxyl groups is 1. The fourth-order valence-electron chi connectivity index (χ4n) is 1.63. The molecule has 0 fully saturated rings. The van der Waals surface area contributed by atoms with Gasteiger partial charge in [-0.05, 0) is 31.5 Å². The van der Waals surface area contributed by atoms with Gasteiger partial charge >= 0.3 is 0 Å². The average Bonchev–Trinajstić information content (AvgIpc) is 2.41. The van der Waals surface area contributed by atoms with Gasteiger partial charge in [0.2, 0.25) is 0 Å². The maximum atomic E-state index is 9.75. The van der Waals surface area contributed by atoms with E-state index in [4.69, 9.17) is 21.1 Å². The molecular weight excluding hydrogens is 290 g/mol. The molecule has 4 nitrogen and oxygen atoms in total. The molecule has 1 unspecified atom stereocenters. The Labute approximate surface area is 132 Å². The molecule has 5 heteroatoms. The molecule has 0 aliphatic carbocycles. The van der Waals surface area contributed by atoms with Crippen LogP contribution in [0.4, 0.5) is 0 Å². The molecular formula is C16H26ClNO3. The molecule has 1 atom stereocenters. The lowest BCUT2D eigenvalue weighted by atomic mass is 10.2. The second kappa shape index (κ2) is 9.26. The summed E-state index contributed by atoms with van der Waals surface area (Å²) in [5.74, 6) is 0.577. The van der Waals surface area contributed by atoms with Gasteiger partial charge in [-0.2, -0.15) is 0 Å². The lowest BCUT2D eigenvalue weighted by molar-refractivity contribution is -0.0122. The minimum atomic E-state index is -0.661. The minimum Gasteiger partial charge on any atom is -0.489 e. The molecule has 0 amide bonds. The van der Waals surface area contributed by atoms with Gasteiger partial charge in [-0.3, -0.25) is 0 Å². The summed E-state index contributed by atoms with van der Waals surface area (Å²) in [6.07, 6.45) is -0.568. The highest BCUT2D eigenvalue weighted by Crippen LogP contribution is 2.25. The molecule has 120 valence electrons. The van der Waals surface area contributed by atoms with Crippen molar-refractivity contribution in [2.24, 2.45) is 0 Å². The minimum absolute atomic E-state index is 0.0935. The largest absolute Gasteiger partial charge is 0.489 e. The van der Waals surface area contributed by atoms with E-state index in [-0.39, 0.29) is 19.3 Å². The first-order valence-corrected chi connectivity index (χ1v) is 7.70. The summed E-state index contributed by atoms with van der Waals surface area (Å²) in [4.78, 5) is 0. The van der Waals surface area contributed by atoms with Crippen molar-refractivity contribution in [1.82, 2.24) is 5.32 Å². The van der Waals surface area contributed by atoms with E-state index < -0.39 is 6.10 Å². The number of aliphatic hydroxyl groups excluding tert-OH is 1. The number of ether oxygens (including phenoxy) is 2. The van der Waals surface area contributed by atoms with E-state index in [1.165, 1.54) is 0 Å². The van der Waals surface area contributed by atoms with Crippen molar-refractivity contribution in [3.8, 4) is 5.75 Å². The molecule has 0 aliphatic heterocycles. The molecule has 0 heterocycles. The van der Waals surface area contributed by atoms with Gasteiger partial charge in [0.05, 0.1) is 17.7 Å². The zero-order valence-corrected chi connectivity index (χ0v) is 14.0. The molecule has 0 saturated carbocycles. The van der Waals surface area contributed by atoms with E-state index in [0.29, 0.717) is 16.8 Å². The van der Waals surface area contributed by atoms with Crippen molar-refractivity contribution in [3.05, 3.63) is 28.8 Å². The fourth-order valence-corrected chi connectivity index (χ4v) is 1.89. The number of benzene rings is 1. The third kappa shape index (κ3) is 7.67. The predicted octanol–water partition coefficient (Wildman–Crippen LogP) is 3.00. The number of rotatable bonds is 9. The van der Waals surface area contributed by atoms with Crippen molar-refractivity contribution in [2.75, 3.05) is 13.2 Å². The molecule has 2 N–H and O–H groups in total. The Bertz CT molecular complexity index is 424. The SMILES string of the molecule is CC(C)NCc1ccc(OCC(O)COC(C)C)c(Cl)c1. The van der Waals surface area contributed by atoms with E-state index >= 15 is 0 Å². The van der Waals surface area contributed by atoms with Gasteiger partial charge in [0.25, 0.3) is 0 Å². The summed E-state index contributed by atoms with van der Waals surface area (Å²) in [5.41, 5.74) is 1.10. The fraction of sp³-hybridized carbons (Fsp3) is 0.625. The molecule has 0 aromatic heterocycles. The van der Waals surface area contributed by atoms with Crippen LogP contribution in [0.1, 0.15) is 33.3 Å². The van der Waals surface area contributed by atoms with Crippen LogP contribution in [-0.4, -0.2) is 36.6 Å². The van der Waals surface area contributed by atoms with E-state index in [0.717, 1.165) is 12.1 Å². The first kappa shape index (κ1) is 18.2.